The topological polar surface area (TPSA) is 120 Å². The normalized spacial score (nSPS) is 11.1. The fraction of sp³-hybridized carbons (Fsp3) is 0.194. The second-order valence-corrected chi connectivity index (χ2v) is 9.05. The van der Waals surface area contributed by atoms with Gasteiger partial charge in [0.15, 0.2) is 23.1 Å². The Morgan fingerprint density at radius 1 is 0.814 bits per heavy atom. The predicted molar refractivity (Wildman–Crippen MR) is 158 cm³/mol. The van der Waals surface area contributed by atoms with Gasteiger partial charge in [-0.2, -0.15) is 0 Å². The van der Waals surface area contributed by atoms with Gasteiger partial charge in [-0.3, -0.25) is 14.6 Å². The Hall–Kier alpha value is -5.23. The summed E-state index contributed by atoms with van der Waals surface area (Å²) in [6.45, 7) is 0.909. The van der Waals surface area contributed by atoms with Gasteiger partial charge in [0, 0.05) is 61.6 Å². The molecular weight excluding hydrogens is 562 g/mol. The number of benzene rings is 3. The van der Waals surface area contributed by atoms with Crippen molar-refractivity contribution < 1.29 is 37.3 Å². The lowest BCUT2D eigenvalue weighted by atomic mass is 10.1. The summed E-state index contributed by atoms with van der Waals surface area (Å²) in [5.74, 6) is -1.63. The molecule has 3 N–H and O–H groups in total. The van der Waals surface area contributed by atoms with Crippen LogP contribution in [0.25, 0.3) is 10.9 Å². The lowest BCUT2D eigenvalue weighted by Gasteiger charge is -2.14. The maximum atomic E-state index is 15.2. The molecule has 3 aromatic carbocycles. The van der Waals surface area contributed by atoms with Crippen molar-refractivity contribution in [3.8, 4) is 23.0 Å². The van der Waals surface area contributed by atoms with Crippen molar-refractivity contribution in [2.45, 2.75) is 6.42 Å². The van der Waals surface area contributed by atoms with Crippen molar-refractivity contribution in [3.63, 3.8) is 0 Å². The third kappa shape index (κ3) is 7.95. The monoisotopic (exact) mass is 592 g/mol. The predicted octanol–water partition coefficient (Wildman–Crippen LogP) is 5.41. The summed E-state index contributed by atoms with van der Waals surface area (Å²) >= 11 is 0. The number of anilines is 2. The Morgan fingerprint density at radius 2 is 1.49 bits per heavy atom. The summed E-state index contributed by atoms with van der Waals surface area (Å²) in [7, 11) is 4.57. The Bertz CT molecular complexity index is 1630. The number of fused-ring (bicyclic) bond motifs is 1. The average molecular weight is 593 g/mol. The molecule has 12 heteroatoms. The van der Waals surface area contributed by atoms with Crippen LogP contribution in [0.2, 0.25) is 0 Å². The first-order valence-electron chi connectivity index (χ1n) is 13.1. The molecule has 0 spiro atoms. The maximum absolute atomic E-state index is 15.2. The van der Waals surface area contributed by atoms with Crippen molar-refractivity contribution in [1.82, 2.24) is 10.3 Å². The number of rotatable bonds is 13. The van der Waals surface area contributed by atoms with E-state index in [1.54, 1.807) is 25.3 Å². The van der Waals surface area contributed by atoms with E-state index >= 15 is 4.39 Å². The molecule has 4 rings (SSSR count). The smallest absolute Gasteiger partial charge is 0.262 e. The highest BCUT2D eigenvalue weighted by Gasteiger charge is 2.20. The van der Waals surface area contributed by atoms with Gasteiger partial charge in [-0.15, -0.1) is 0 Å². The molecule has 1 aromatic heterocycles. The van der Waals surface area contributed by atoms with E-state index in [9.17, 15) is 14.0 Å². The number of pyridine rings is 1. The van der Waals surface area contributed by atoms with Gasteiger partial charge >= 0.3 is 0 Å². The number of halogens is 2. The van der Waals surface area contributed by atoms with Gasteiger partial charge in [-0.25, -0.2) is 8.78 Å². The van der Waals surface area contributed by atoms with Crippen LogP contribution < -0.4 is 30.2 Å². The van der Waals surface area contributed by atoms with E-state index in [2.05, 4.69) is 20.9 Å². The van der Waals surface area contributed by atoms with Crippen molar-refractivity contribution in [3.05, 3.63) is 90.3 Å². The molecule has 0 aliphatic rings. The quantitative estimate of drug-likeness (QED) is 0.0816. The van der Waals surface area contributed by atoms with Crippen molar-refractivity contribution >= 4 is 34.1 Å². The number of nitrogens with one attached hydrogen (secondary N) is 3. The second-order valence-electron chi connectivity index (χ2n) is 9.05. The SMILES string of the molecule is COCCCN/C=C(\C(=O)Nc1ccc(F)cc1)C(=O)Nc1ccc(Oc2ccnc3cc(OC)c(OC)cc23)c(F)c1. The standard InChI is InChI=1S/C31H30F2N4O6/c1-40-14-4-12-34-18-23(30(38)36-20-7-5-19(32)6-8-20)31(39)37-21-9-10-27(24(33)15-21)43-26-11-13-35-25-17-29(42-3)28(41-2)16-22(25)26/h5-11,13,15-18,34H,4,12,14H2,1-3H3,(H,36,38)(H,37,39)/b23-18+. The Kier molecular flexibility index (Phi) is 10.4. The van der Waals surface area contributed by atoms with Crippen LogP contribution in [0.3, 0.4) is 0 Å². The molecule has 0 unspecified atom stereocenters. The minimum atomic E-state index is -0.798. The third-order valence-corrected chi connectivity index (χ3v) is 6.12. The molecule has 0 saturated heterocycles. The van der Waals surface area contributed by atoms with E-state index in [0.717, 1.165) is 6.07 Å². The number of carbonyl (C=O) groups excluding carboxylic acids is 2. The molecule has 2 amide bonds. The number of hydrogen-bond donors (Lipinski definition) is 3. The molecule has 1 heterocycles. The fourth-order valence-corrected chi connectivity index (χ4v) is 3.97. The van der Waals surface area contributed by atoms with Gasteiger partial charge in [-0.05, 0) is 55.0 Å². The number of carbonyl (C=O) groups is 2. The highest BCUT2D eigenvalue weighted by atomic mass is 19.1. The molecule has 0 bridgehead atoms. The lowest BCUT2D eigenvalue weighted by molar-refractivity contribution is -0.118. The minimum absolute atomic E-state index is 0.0840. The highest BCUT2D eigenvalue weighted by Crippen LogP contribution is 2.37. The number of amides is 2. The number of aromatic nitrogens is 1. The summed E-state index contributed by atoms with van der Waals surface area (Å²) in [5.41, 5.74) is 0.640. The maximum Gasteiger partial charge on any atom is 0.262 e. The first kappa shape index (κ1) is 30.7. The molecule has 43 heavy (non-hydrogen) atoms. The zero-order valence-electron chi connectivity index (χ0n) is 23.7. The molecule has 224 valence electrons. The Balaban J connectivity index is 1.52. The molecule has 0 atom stereocenters. The van der Waals surface area contributed by atoms with Crippen LogP contribution >= 0.6 is 0 Å². The first-order valence-corrected chi connectivity index (χ1v) is 13.1. The van der Waals surface area contributed by atoms with E-state index in [1.807, 2.05) is 0 Å². The van der Waals surface area contributed by atoms with Crippen molar-refractivity contribution in [2.24, 2.45) is 0 Å². The average Bonchev–Trinajstić information content (AvgIpc) is 3.00. The summed E-state index contributed by atoms with van der Waals surface area (Å²) in [6.07, 6.45) is 3.40. The zero-order valence-corrected chi connectivity index (χ0v) is 23.7. The minimum Gasteiger partial charge on any atom is -0.493 e. The summed E-state index contributed by atoms with van der Waals surface area (Å²) < 4.78 is 50.0. The Morgan fingerprint density at radius 3 is 2.16 bits per heavy atom. The molecule has 0 aliphatic heterocycles. The van der Waals surface area contributed by atoms with E-state index < -0.39 is 23.4 Å². The van der Waals surface area contributed by atoms with E-state index in [4.69, 9.17) is 18.9 Å². The van der Waals surface area contributed by atoms with Crippen LogP contribution in [0.5, 0.6) is 23.0 Å². The van der Waals surface area contributed by atoms with Crippen LogP contribution in [0.4, 0.5) is 20.2 Å². The largest absolute Gasteiger partial charge is 0.493 e. The van der Waals surface area contributed by atoms with Crippen LogP contribution in [0, 0.1) is 11.6 Å². The van der Waals surface area contributed by atoms with E-state index in [1.165, 1.54) is 63.0 Å². The zero-order chi connectivity index (χ0) is 30.8. The number of ether oxygens (including phenoxy) is 4. The van der Waals surface area contributed by atoms with Crippen molar-refractivity contribution in [1.29, 1.82) is 0 Å². The van der Waals surface area contributed by atoms with Crippen LogP contribution in [0.15, 0.2) is 78.6 Å². The Labute approximate surface area is 246 Å². The molecule has 0 saturated carbocycles. The molecule has 4 aromatic rings. The van der Waals surface area contributed by atoms with E-state index in [0.29, 0.717) is 47.7 Å². The molecule has 0 radical (unpaired) electrons. The van der Waals surface area contributed by atoms with Gasteiger partial charge in [-0.1, -0.05) is 0 Å². The first-order chi connectivity index (χ1) is 20.8. The fourth-order valence-electron chi connectivity index (χ4n) is 3.97. The summed E-state index contributed by atoms with van der Waals surface area (Å²) in [6, 6.07) is 13.9. The van der Waals surface area contributed by atoms with Gasteiger partial charge in [0.1, 0.15) is 17.1 Å². The van der Waals surface area contributed by atoms with Gasteiger partial charge in [0.05, 0.1) is 19.7 Å². The van der Waals surface area contributed by atoms with Crippen LogP contribution in [-0.4, -0.2) is 51.3 Å². The summed E-state index contributed by atoms with van der Waals surface area (Å²) in [4.78, 5) is 30.4. The molecule has 0 aliphatic carbocycles. The number of nitrogens with zero attached hydrogens (tertiary/aromatic N) is 1. The van der Waals surface area contributed by atoms with Gasteiger partial charge < -0.3 is 34.9 Å². The van der Waals surface area contributed by atoms with Crippen LogP contribution in [-0.2, 0) is 14.3 Å². The van der Waals surface area contributed by atoms with Gasteiger partial charge in [0.25, 0.3) is 11.8 Å². The molecular formula is C31H30F2N4O6. The summed E-state index contributed by atoms with van der Waals surface area (Å²) in [5, 5.41) is 8.55. The lowest BCUT2D eigenvalue weighted by Crippen LogP contribution is -2.27. The van der Waals surface area contributed by atoms with Gasteiger partial charge in [0.2, 0.25) is 0 Å². The molecule has 0 fully saturated rings. The number of hydrogen-bond acceptors (Lipinski definition) is 8. The van der Waals surface area contributed by atoms with Crippen LogP contribution in [0.1, 0.15) is 6.42 Å². The molecule has 10 nitrogen and oxygen atoms in total. The number of methoxy groups -OCH3 is 3. The second kappa shape index (κ2) is 14.6. The van der Waals surface area contributed by atoms with Crippen molar-refractivity contribution in [2.75, 3.05) is 45.1 Å². The highest BCUT2D eigenvalue weighted by molar-refractivity contribution is 6.26. The van der Waals surface area contributed by atoms with E-state index in [-0.39, 0.29) is 22.7 Å². The third-order valence-electron chi connectivity index (χ3n) is 6.12.